The first kappa shape index (κ1) is 13.8. The molecule has 2 rings (SSSR count). The molecule has 1 N–H and O–H groups in total. The van der Waals surface area contributed by atoms with E-state index in [1.54, 1.807) is 0 Å². The van der Waals surface area contributed by atoms with Crippen LogP contribution < -0.4 is 9.47 Å². The van der Waals surface area contributed by atoms with E-state index in [0.717, 1.165) is 12.3 Å². The van der Waals surface area contributed by atoms with Crippen LogP contribution in [0.25, 0.3) is 10.9 Å². The van der Waals surface area contributed by atoms with Crippen LogP contribution >= 0.6 is 0 Å². The summed E-state index contributed by atoms with van der Waals surface area (Å²) in [6, 6.07) is 1.78. The maximum Gasteiger partial charge on any atom is 0.491 e. The van der Waals surface area contributed by atoms with Gasteiger partial charge in [0.15, 0.2) is 11.5 Å². The van der Waals surface area contributed by atoms with Gasteiger partial charge in [0.25, 0.3) is 0 Å². The van der Waals surface area contributed by atoms with Crippen molar-refractivity contribution in [3.8, 4) is 17.5 Å². The number of methoxy groups -OCH3 is 1. The first-order valence-electron chi connectivity index (χ1n) is 5.14. The highest BCUT2D eigenvalue weighted by Gasteiger charge is 2.42. The molecule has 0 bridgehead atoms. The van der Waals surface area contributed by atoms with Gasteiger partial charge in [0, 0.05) is 17.6 Å². The van der Waals surface area contributed by atoms with Gasteiger partial charge in [-0.1, -0.05) is 0 Å². The summed E-state index contributed by atoms with van der Waals surface area (Å²) in [6.07, 6.45) is -4.00. The van der Waals surface area contributed by atoms with Crippen LogP contribution in [0.2, 0.25) is 0 Å². The Morgan fingerprint density at radius 2 is 2.05 bits per heavy atom. The van der Waals surface area contributed by atoms with Crippen molar-refractivity contribution in [3.05, 3.63) is 18.3 Å². The number of esters is 1. The van der Waals surface area contributed by atoms with E-state index in [-0.39, 0.29) is 17.0 Å². The van der Waals surface area contributed by atoms with Crippen LogP contribution in [0.3, 0.4) is 0 Å². The zero-order valence-corrected chi connectivity index (χ0v) is 9.93. The monoisotopic (exact) mass is 288 g/mol. The summed E-state index contributed by atoms with van der Waals surface area (Å²) in [5.41, 5.74) is 0.100. The van der Waals surface area contributed by atoms with Gasteiger partial charge in [-0.15, -0.1) is 0 Å². The Balaban J connectivity index is 2.37. The van der Waals surface area contributed by atoms with Crippen LogP contribution in [0.4, 0.5) is 13.2 Å². The van der Waals surface area contributed by atoms with Crippen molar-refractivity contribution in [2.24, 2.45) is 0 Å². The molecular weight excluding hydrogens is 281 g/mol. The van der Waals surface area contributed by atoms with E-state index in [1.165, 1.54) is 13.2 Å². The van der Waals surface area contributed by atoms with Crippen molar-refractivity contribution in [1.82, 2.24) is 9.97 Å². The lowest BCUT2D eigenvalue weighted by Gasteiger charge is -2.07. The molecule has 1 heterocycles. The second-order valence-electron chi connectivity index (χ2n) is 3.62. The minimum atomic E-state index is -5.14. The number of rotatable bonds is 2. The highest BCUT2D eigenvalue weighted by Crippen LogP contribution is 2.30. The molecule has 0 saturated carbocycles. The van der Waals surface area contributed by atoms with E-state index in [1.807, 2.05) is 0 Å². The van der Waals surface area contributed by atoms with Gasteiger partial charge in [0.2, 0.25) is 0 Å². The summed E-state index contributed by atoms with van der Waals surface area (Å²) in [7, 11) is 1.33. The maximum atomic E-state index is 12.0. The molecule has 20 heavy (non-hydrogen) atoms. The SMILES string of the molecule is COc1cc2cnc(OC(=O)C(F)(F)F)nc2cc1O. The molecule has 0 amide bonds. The maximum absolute atomic E-state index is 12.0. The van der Waals surface area contributed by atoms with Crippen LogP contribution in [0.1, 0.15) is 0 Å². The lowest BCUT2D eigenvalue weighted by atomic mass is 10.2. The Morgan fingerprint density at radius 1 is 1.35 bits per heavy atom. The highest BCUT2D eigenvalue weighted by atomic mass is 19.4. The second-order valence-corrected chi connectivity index (χ2v) is 3.62. The summed E-state index contributed by atoms with van der Waals surface area (Å²) in [5.74, 6) is -2.53. The van der Waals surface area contributed by atoms with Crippen molar-refractivity contribution in [2.45, 2.75) is 6.18 Å². The molecule has 2 aromatic rings. The Hall–Kier alpha value is -2.58. The molecule has 0 fully saturated rings. The van der Waals surface area contributed by atoms with Crippen LogP contribution in [-0.4, -0.2) is 34.3 Å². The number of phenolic OH excluding ortho intramolecular Hbond substituents is 1. The Morgan fingerprint density at radius 3 is 2.65 bits per heavy atom. The number of carbonyl (C=O) groups is 1. The number of halogens is 3. The third-order valence-electron chi connectivity index (χ3n) is 2.27. The molecule has 1 aromatic heterocycles. The van der Waals surface area contributed by atoms with Crippen LogP contribution in [0.15, 0.2) is 18.3 Å². The van der Waals surface area contributed by atoms with Gasteiger partial charge in [0.05, 0.1) is 12.6 Å². The summed E-state index contributed by atoms with van der Waals surface area (Å²) >= 11 is 0. The fourth-order valence-electron chi connectivity index (χ4n) is 1.38. The number of ether oxygens (including phenoxy) is 2. The lowest BCUT2D eigenvalue weighted by Crippen LogP contribution is -2.28. The lowest BCUT2D eigenvalue weighted by molar-refractivity contribution is -0.190. The van der Waals surface area contributed by atoms with Crippen molar-refractivity contribution < 1.29 is 32.5 Å². The standard InChI is InChI=1S/C11H7F3N2O4/c1-19-8-2-5-4-15-10(16-6(5)3-7(8)17)20-9(18)11(12,13)14/h2-4,17H,1H3. The van der Waals surface area contributed by atoms with E-state index >= 15 is 0 Å². The summed E-state index contributed by atoms with van der Waals surface area (Å²) in [5, 5.41) is 9.93. The number of benzene rings is 1. The molecule has 106 valence electrons. The van der Waals surface area contributed by atoms with Crippen LogP contribution in [0.5, 0.6) is 17.5 Å². The number of carbonyl (C=O) groups excluding carboxylic acids is 1. The third-order valence-corrected chi connectivity index (χ3v) is 2.27. The van der Waals surface area contributed by atoms with Crippen molar-refractivity contribution in [3.63, 3.8) is 0 Å². The second kappa shape index (κ2) is 4.83. The van der Waals surface area contributed by atoms with Crippen LogP contribution in [-0.2, 0) is 4.79 Å². The van der Waals surface area contributed by atoms with E-state index in [0.29, 0.717) is 5.39 Å². The summed E-state index contributed by atoms with van der Waals surface area (Å²) in [6.45, 7) is 0. The van der Waals surface area contributed by atoms with E-state index in [9.17, 15) is 23.1 Å². The van der Waals surface area contributed by atoms with E-state index in [2.05, 4.69) is 14.7 Å². The molecule has 0 spiro atoms. The number of nitrogens with zero attached hydrogens (tertiary/aromatic N) is 2. The largest absolute Gasteiger partial charge is 0.504 e. The molecule has 0 aliphatic rings. The number of hydrogen-bond acceptors (Lipinski definition) is 6. The molecule has 0 atom stereocenters. The molecule has 0 aliphatic heterocycles. The predicted octanol–water partition coefficient (Wildman–Crippen LogP) is 1.81. The summed E-state index contributed by atoms with van der Waals surface area (Å²) in [4.78, 5) is 17.7. The predicted molar refractivity (Wildman–Crippen MR) is 59.4 cm³/mol. The normalized spacial score (nSPS) is 11.4. The average Bonchev–Trinajstić information content (AvgIpc) is 2.36. The molecule has 0 unspecified atom stereocenters. The number of aromatic nitrogens is 2. The minimum Gasteiger partial charge on any atom is -0.504 e. The highest BCUT2D eigenvalue weighted by molar-refractivity contribution is 5.83. The minimum absolute atomic E-state index is 0.100. The van der Waals surface area contributed by atoms with Crippen LogP contribution in [0, 0.1) is 0 Å². The zero-order chi connectivity index (χ0) is 14.9. The van der Waals surface area contributed by atoms with Crippen molar-refractivity contribution in [2.75, 3.05) is 7.11 Å². The van der Waals surface area contributed by atoms with Gasteiger partial charge in [-0.25, -0.2) is 9.78 Å². The number of hydrogen-bond donors (Lipinski definition) is 1. The molecule has 0 radical (unpaired) electrons. The first-order valence-corrected chi connectivity index (χ1v) is 5.14. The number of alkyl halides is 3. The third kappa shape index (κ3) is 2.71. The van der Waals surface area contributed by atoms with Gasteiger partial charge in [-0.3, -0.25) is 0 Å². The molecule has 1 aromatic carbocycles. The van der Waals surface area contributed by atoms with Gasteiger partial charge in [0.1, 0.15) is 0 Å². The number of phenols is 1. The van der Waals surface area contributed by atoms with Crippen molar-refractivity contribution in [1.29, 1.82) is 0 Å². The zero-order valence-electron chi connectivity index (χ0n) is 9.93. The number of fused-ring (bicyclic) bond motifs is 1. The Kier molecular flexibility index (Phi) is 3.35. The quantitative estimate of drug-likeness (QED) is 0.849. The topological polar surface area (TPSA) is 81.5 Å². The fourth-order valence-corrected chi connectivity index (χ4v) is 1.38. The molecule has 6 nitrogen and oxygen atoms in total. The smallest absolute Gasteiger partial charge is 0.491 e. The summed E-state index contributed by atoms with van der Waals surface area (Å²) < 4.78 is 44.9. The van der Waals surface area contributed by atoms with E-state index in [4.69, 9.17) is 4.74 Å². The molecule has 9 heteroatoms. The fraction of sp³-hybridized carbons (Fsp3) is 0.182. The van der Waals surface area contributed by atoms with E-state index < -0.39 is 18.2 Å². The van der Waals surface area contributed by atoms with Gasteiger partial charge >= 0.3 is 18.2 Å². The molecular formula is C11H7F3N2O4. The Labute approximate surface area is 109 Å². The molecule has 0 saturated heterocycles. The molecule has 0 aliphatic carbocycles. The number of aromatic hydroxyl groups is 1. The van der Waals surface area contributed by atoms with Gasteiger partial charge in [-0.05, 0) is 6.07 Å². The van der Waals surface area contributed by atoms with Gasteiger partial charge in [-0.2, -0.15) is 18.2 Å². The van der Waals surface area contributed by atoms with Gasteiger partial charge < -0.3 is 14.6 Å². The Bertz CT molecular complexity index is 673. The first-order chi connectivity index (χ1) is 9.31. The average molecular weight is 288 g/mol. The van der Waals surface area contributed by atoms with Crippen molar-refractivity contribution >= 4 is 16.9 Å².